The molecule has 7 heavy (non-hydrogen) atoms. The Balaban J connectivity index is 2.26. The van der Waals surface area contributed by atoms with Crippen molar-refractivity contribution in [2.24, 2.45) is 0 Å². The summed E-state index contributed by atoms with van der Waals surface area (Å²) in [4.78, 5) is 0. The minimum absolute atomic E-state index is 0.398. The number of nitrogens with one attached hydrogen (secondary N) is 1. The third kappa shape index (κ3) is 1.13. The lowest BCUT2D eigenvalue weighted by Gasteiger charge is -1.94. The van der Waals surface area contributed by atoms with Crippen molar-refractivity contribution in [2.75, 3.05) is 6.54 Å². The zero-order chi connectivity index (χ0) is 5.28. The van der Waals surface area contributed by atoms with Gasteiger partial charge >= 0.3 is 0 Å². The Kier molecular flexibility index (Phi) is 1.28. The molecule has 1 rings (SSSR count). The summed E-state index contributed by atoms with van der Waals surface area (Å²) in [7, 11) is 0. The van der Waals surface area contributed by atoms with E-state index in [2.05, 4.69) is 5.32 Å². The second-order valence-electron chi connectivity index (χ2n) is 2.14. The first-order valence-electron chi connectivity index (χ1n) is 2.66. The molecule has 0 amide bonds. The molecule has 1 N–H and O–H groups in total. The summed E-state index contributed by atoms with van der Waals surface area (Å²) in [5.74, 6) is 0. The molecule has 1 aliphatic heterocycles. The third-order valence-corrected chi connectivity index (χ3v) is 1.30. The summed E-state index contributed by atoms with van der Waals surface area (Å²) >= 11 is 0. The van der Waals surface area contributed by atoms with E-state index in [0.717, 1.165) is 0 Å². The Labute approximate surface area is 42.9 Å². The van der Waals surface area contributed by atoms with Crippen molar-refractivity contribution in [2.45, 2.75) is 25.6 Å². The molecule has 2 heteroatoms. The maximum Gasteiger partial charge on any atom is 0.114 e. The highest BCUT2D eigenvalue weighted by molar-refractivity contribution is 4.76. The van der Waals surface area contributed by atoms with Gasteiger partial charge in [-0.05, 0) is 13.3 Å². The summed E-state index contributed by atoms with van der Waals surface area (Å²) in [5, 5.41) is 2.99. The Morgan fingerprint density at radius 3 is 2.57 bits per heavy atom. The van der Waals surface area contributed by atoms with E-state index in [0.29, 0.717) is 19.0 Å². The molecule has 2 atom stereocenters. The van der Waals surface area contributed by atoms with Crippen LogP contribution in [0.5, 0.6) is 0 Å². The van der Waals surface area contributed by atoms with Crippen LogP contribution in [-0.4, -0.2) is 18.8 Å². The van der Waals surface area contributed by atoms with Gasteiger partial charge in [0.05, 0.1) is 0 Å². The first kappa shape index (κ1) is 5.04. The van der Waals surface area contributed by atoms with Crippen molar-refractivity contribution >= 4 is 0 Å². The second-order valence-corrected chi connectivity index (χ2v) is 2.14. The molecule has 0 aromatic carbocycles. The van der Waals surface area contributed by atoms with E-state index < -0.39 is 6.17 Å². The van der Waals surface area contributed by atoms with Gasteiger partial charge in [0.1, 0.15) is 6.17 Å². The fourth-order valence-corrected chi connectivity index (χ4v) is 0.879. The van der Waals surface area contributed by atoms with Crippen LogP contribution in [0.2, 0.25) is 0 Å². The first-order chi connectivity index (χ1) is 3.29. The minimum atomic E-state index is -0.588. The second kappa shape index (κ2) is 1.78. The molecule has 0 aromatic rings. The van der Waals surface area contributed by atoms with E-state index in [9.17, 15) is 4.39 Å². The fourth-order valence-electron chi connectivity index (χ4n) is 0.879. The maximum absolute atomic E-state index is 12.1. The summed E-state index contributed by atoms with van der Waals surface area (Å²) < 4.78 is 12.1. The highest BCUT2D eigenvalue weighted by atomic mass is 19.1. The molecule has 1 heterocycles. The lowest BCUT2D eigenvalue weighted by molar-refractivity contribution is 0.357. The minimum Gasteiger partial charge on any atom is -0.311 e. The SMILES string of the molecule is CC1CC(F)CN1. The third-order valence-electron chi connectivity index (χ3n) is 1.30. The van der Waals surface area contributed by atoms with Gasteiger partial charge in [0.2, 0.25) is 0 Å². The van der Waals surface area contributed by atoms with Crippen LogP contribution < -0.4 is 5.32 Å². The smallest absolute Gasteiger partial charge is 0.114 e. The quantitative estimate of drug-likeness (QED) is 0.476. The van der Waals surface area contributed by atoms with Crippen molar-refractivity contribution in [1.82, 2.24) is 5.32 Å². The Bertz CT molecular complexity index is 57.1. The van der Waals surface area contributed by atoms with Gasteiger partial charge < -0.3 is 5.32 Å². The summed E-state index contributed by atoms with van der Waals surface area (Å²) in [6.07, 6.45) is 0.106. The van der Waals surface area contributed by atoms with Crippen molar-refractivity contribution in [3.63, 3.8) is 0 Å². The van der Waals surface area contributed by atoms with E-state index in [4.69, 9.17) is 0 Å². The number of hydrogen-bond donors (Lipinski definition) is 1. The maximum atomic E-state index is 12.1. The van der Waals surface area contributed by atoms with Crippen LogP contribution >= 0.6 is 0 Å². The lowest BCUT2D eigenvalue weighted by Crippen LogP contribution is -2.16. The van der Waals surface area contributed by atoms with Crippen molar-refractivity contribution in [3.05, 3.63) is 0 Å². The Morgan fingerprint density at radius 1 is 1.71 bits per heavy atom. The highest BCUT2D eigenvalue weighted by Crippen LogP contribution is 2.07. The summed E-state index contributed by atoms with van der Waals surface area (Å²) in [6.45, 7) is 2.56. The number of alkyl halides is 1. The number of halogens is 1. The molecule has 0 bridgehead atoms. The van der Waals surface area contributed by atoms with Gasteiger partial charge in [0, 0.05) is 12.6 Å². The number of rotatable bonds is 0. The van der Waals surface area contributed by atoms with Crippen LogP contribution in [0.1, 0.15) is 13.3 Å². The monoisotopic (exact) mass is 103 g/mol. The van der Waals surface area contributed by atoms with Crippen LogP contribution in [0.3, 0.4) is 0 Å². The first-order valence-corrected chi connectivity index (χ1v) is 2.66. The Morgan fingerprint density at radius 2 is 2.43 bits per heavy atom. The molecule has 42 valence electrons. The topological polar surface area (TPSA) is 12.0 Å². The van der Waals surface area contributed by atoms with Gasteiger partial charge in [-0.15, -0.1) is 0 Å². The summed E-state index contributed by atoms with van der Waals surface area (Å²) in [6, 6.07) is 0.398. The molecular weight excluding hydrogens is 93.1 g/mol. The van der Waals surface area contributed by atoms with E-state index in [1.807, 2.05) is 6.92 Å². The van der Waals surface area contributed by atoms with E-state index >= 15 is 0 Å². The zero-order valence-electron chi connectivity index (χ0n) is 4.45. The fraction of sp³-hybridized carbons (Fsp3) is 1.00. The average molecular weight is 103 g/mol. The highest BCUT2D eigenvalue weighted by Gasteiger charge is 2.18. The van der Waals surface area contributed by atoms with Crippen LogP contribution in [0.4, 0.5) is 4.39 Å². The molecule has 1 saturated heterocycles. The predicted molar refractivity (Wildman–Crippen MR) is 27.0 cm³/mol. The van der Waals surface area contributed by atoms with Gasteiger partial charge in [-0.1, -0.05) is 0 Å². The largest absolute Gasteiger partial charge is 0.311 e. The van der Waals surface area contributed by atoms with Gasteiger partial charge in [-0.3, -0.25) is 0 Å². The van der Waals surface area contributed by atoms with E-state index in [1.54, 1.807) is 0 Å². The molecule has 0 radical (unpaired) electrons. The normalized spacial score (nSPS) is 42.0. The van der Waals surface area contributed by atoms with Gasteiger partial charge in [-0.25, -0.2) is 4.39 Å². The molecule has 1 nitrogen and oxygen atoms in total. The lowest BCUT2D eigenvalue weighted by atomic mass is 10.2. The van der Waals surface area contributed by atoms with Gasteiger partial charge in [-0.2, -0.15) is 0 Å². The predicted octanol–water partition coefficient (Wildman–Crippen LogP) is 0.706. The van der Waals surface area contributed by atoms with Crippen LogP contribution in [0.25, 0.3) is 0 Å². The average Bonchev–Trinajstić information content (AvgIpc) is 1.87. The van der Waals surface area contributed by atoms with Crippen molar-refractivity contribution < 1.29 is 4.39 Å². The van der Waals surface area contributed by atoms with E-state index in [1.165, 1.54) is 0 Å². The molecule has 2 unspecified atom stereocenters. The zero-order valence-corrected chi connectivity index (χ0v) is 4.45. The molecule has 1 fully saturated rings. The molecule has 0 saturated carbocycles. The Hall–Kier alpha value is -0.110. The summed E-state index contributed by atoms with van der Waals surface area (Å²) in [5.41, 5.74) is 0. The van der Waals surface area contributed by atoms with Crippen molar-refractivity contribution in [1.29, 1.82) is 0 Å². The molecule has 0 spiro atoms. The van der Waals surface area contributed by atoms with Crippen LogP contribution in [0.15, 0.2) is 0 Å². The van der Waals surface area contributed by atoms with Gasteiger partial charge in [0.15, 0.2) is 0 Å². The standard InChI is InChI=1S/C5H10FN/c1-4-2-5(6)3-7-4/h4-5,7H,2-3H2,1H3. The van der Waals surface area contributed by atoms with E-state index in [-0.39, 0.29) is 0 Å². The van der Waals surface area contributed by atoms with Gasteiger partial charge in [0.25, 0.3) is 0 Å². The van der Waals surface area contributed by atoms with Crippen LogP contribution in [-0.2, 0) is 0 Å². The van der Waals surface area contributed by atoms with Crippen LogP contribution in [0, 0.1) is 0 Å². The molecule has 0 aromatic heterocycles. The molecule has 1 aliphatic rings. The number of hydrogen-bond acceptors (Lipinski definition) is 1. The molecule has 0 aliphatic carbocycles. The van der Waals surface area contributed by atoms with Crippen molar-refractivity contribution in [3.8, 4) is 0 Å². The molecular formula is C5H10FN.